The number of hydrogen-bond donors (Lipinski definition) is 0. The van der Waals surface area contributed by atoms with Crippen LogP contribution in [0.4, 0.5) is 5.13 Å². The number of amides is 1. The van der Waals surface area contributed by atoms with Gasteiger partial charge in [0.15, 0.2) is 10.8 Å². The third kappa shape index (κ3) is 3.84. The van der Waals surface area contributed by atoms with E-state index in [1.165, 1.54) is 11.3 Å². The Morgan fingerprint density at radius 2 is 2.04 bits per heavy atom. The molecule has 25 heavy (non-hydrogen) atoms. The lowest BCUT2D eigenvalue weighted by atomic mass is 10.3. The first-order chi connectivity index (χ1) is 11.8. The van der Waals surface area contributed by atoms with Crippen LogP contribution in [-0.2, 0) is 7.05 Å². The maximum absolute atomic E-state index is 13.0. The van der Waals surface area contributed by atoms with Crippen LogP contribution in [0.1, 0.15) is 16.2 Å². The van der Waals surface area contributed by atoms with Gasteiger partial charge in [0, 0.05) is 30.9 Å². The maximum Gasteiger partial charge on any atom is 0.280 e. The number of benzene rings is 1. The second-order valence-electron chi connectivity index (χ2n) is 6.16. The third-order valence-corrected chi connectivity index (χ3v) is 5.20. The smallest absolute Gasteiger partial charge is 0.280 e. The lowest BCUT2D eigenvalue weighted by Crippen LogP contribution is -2.37. The van der Waals surface area contributed by atoms with Gasteiger partial charge in [-0.3, -0.25) is 14.4 Å². The molecular formula is C17H20ClN5OS. The highest BCUT2D eigenvalue weighted by Crippen LogP contribution is 2.31. The largest absolute Gasteiger partial charge is 0.308 e. The van der Waals surface area contributed by atoms with Gasteiger partial charge in [0.1, 0.15) is 0 Å². The van der Waals surface area contributed by atoms with E-state index in [9.17, 15) is 4.79 Å². The van der Waals surface area contributed by atoms with Crippen molar-refractivity contribution >= 4 is 44.2 Å². The standard InChI is InChI=1S/C17H20ClN5OS/c1-11-9-14(20-22(11)4)16(24)23(8-7-21(2)3)17-19-13-6-5-12(18)10-15(13)25-17/h5-6,9-10H,7-8H2,1-4H3. The van der Waals surface area contributed by atoms with Crippen molar-refractivity contribution in [1.82, 2.24) is 19.7 Å². The van der Waals surface area contributed by atoms with Crippen LogP contribution < -0.4 is 4.90 Å². The second-order valence-corrected chi connectivity index (χ2v) is 7.61. The van der Waals surface area contributed by atoms with Crippen LogP contribution in [0.2, 0.25) is 5.02 Å². The Bertz CT molecular complexity index is 898. The van der Waals surface area contributed by atoms with E-state index < -0.39 is 0 Å². The molecule has 0 radical (unpaired) electrons. The van der Waals surface area contributed by atoms with Gasteiger partial charge in [-0.25, -0.2) is 4.98 Å². The van der Waals surface area contributed by atoms with Crippen LogP contribution in [-0.4, -0.2) is 52.8 Å². The Hall–Kier alpha value is -1.96. The molecule has 0 aliphatic carbocycles. The van der Waals surface area contributed by atoms with Gasteiger partial charge in [-0.2, -0.15) is 5.10 Å². The molecule has 8 heteroatoms. The van der Waals surface area contributed by atoms with E-state index in [1.54, 1.807) is 15.6 Å². The molecular weight excluding hydrogens is 358 g/mol. The molecule has 1 amide bonds. The highest BCUT2D eigenvalue weighted by Gasteiger charge is 2.23. The maximum atomic E-state index is 13.0. The van der Waals surface area contributed by atoms with Crippen LogP contribution >= 0.6 is 22.9 Å². The molecule has 0 saturated carbocycles. The summed E-state index contributed by atoms with van der Waals surface area (Å²) < 4.78 is 2.66. The average molecular weight is 378 g/mol. The molecule has 0 fully saturated rings. The minimum absolute atomic E-state index is 0.143. The van der Waals surface area contributed by atoms with E-state index in [-0.39, 0.29) is 5.91 Å². The van der Waals surface area contributed by atoms with Crippen molar-refractivity contribution in [3.05, 3.63) is 40.7 Å². The van der Waals surface area contributed by atoms with Crippen LogP contribution in [0, 0.1) is 6.92 Å². The number of carbonyl (C=O) groups excluding carboxylic acids is 1. The van der Waals surface area contributed by atoms with Gasteiger partial charge in [-0.05, 0) is 45.3 Å². The fraction of sp³-hybridized carbons (Fsp3) is 0.353. The topological polar surface area (TPSA) is 54.3 Å². The Balaban J connectivity index is 1.98. The molecule has 2 aromatic heterocycles. The molecule has 0 atom stereocenters. The van der Waals surface area contributed by atoms with Gasteiger partial charge >= 0.3 is 0 Å². The lowest BCUT2D eigenvalue weighted by molar-refractivity contribution is 0.0979. The number of thiazole rings is 1. The van der Waals surface area contributed by atoms with Gasteiger partial charge in [0.25, 0.3) is 5.91 Å². The summed E-state index contributed by atoms with van der Waals surface area (Å²) in [5.74, 6) is -0.143. The molecule has 0 aliphatic rings. The van der Waals surface area contributed by atoms with E-state index in [4.69, 9.17) is 11.6 Å². The monoisotopic (exact) mass is 377 g/mol. The van der Waals surface area contributed by atoms with Crippen LogP contribution in [0.5, 0.6) is 0 Å². The van der Waals surface area contributed by atoms with E-state index in [0.29, 0.717) is 22.4 Å². The summed E-state index contributed by atoms with van der Waals surface area (Å²) in [4.78, 5) is 21.4. The molecule has 0 aliphatic heterocycles. The van der Waals surface area contributed by atoms with Crippen molar-refractivity contribution in [2.75, 3.05) is 32.1 Å². The lowest BCUT2D eigenvalue weighted by Gasteiger charge is -2.21. The summed E-state index contributed by atoms with van der Waals surface area (Å²) >= 11 is 7.53. The molecule has 0 saturated heterocycles. The van der Waals surface area contributed by atoms with E-state index in [0.717, 1.165) is 22.5 Å². The van der Waals surface area contributed by atoms with Crippen LogP contribution in [0.15, 0.2) is 24.3 Å². The quantitative estimate of drug-likeness (QED) is 0.685. The first-order valence-electron chi connectivity index (χ1n) is 7.88. The number of aryl methyl sites for hydroxylation is 2. The molecule has 1 aromatic carbocycles. The van der Waals surface area contributed by atoms with Gasteiger partial charge in [0.05, 0.1) is 10.2 Å². The summed E-state index contributed by atoms with van der Waals surface area (Å²) in [7, 11) is 5.79. The molecule has 0 spiro atoms. The first-order valence-corrected chi connectivity index (χ1v) is 9.08. The SMILES string of the molecule is Cc1cc(C(=O)N(CCN(C)C)c2nc3ccc(Cl)cc3s2)nn1C. The Morgan fingerprint density at radius 1 is 1.28 bits per heavy atom. The summed E-state index contributed by atoms with van der Waals surface area (Å²) in [6, 6.07) is 7.35. The number of nitrogens with zero attached hydrogens (tertiary/aromatic N) is 5. The van der Waals surface area contributed by atoms with Crippen molar-refractivity contribution in [3.8, 4) is 0 Å². The number of anilines is 1. The van der Waals surface area contributed by atoms with E-state index in [1.807, 2.05) is 51.2 Å². The Labute approximate surface area is 155 Å². The molecule has 2 heterocycles. The Morgan fingerprint density at radius 3 is 2.68 bits per heavy atom. The summed E-state index contributed by atoms with van der Waals surface area (Å²) in [6.07, 6.45) is 0. The summed E-state index contributed by atoms with van der Waals surface area (Å²) in [6.45, 7) is 3.19. The van der Waals surface area contributed by atoms with Gasteiger partial charge < -0.3 is 4.90 Å². The van der Waals surface area contributed by atoms with E-state index in [2.05, 4.69) is 10.1 Å². The number of rotatable bonds is 5. The van der Waals surface area contributed by atoms with Crippen molar-refractivity contribution in [2.24, 2.45) is 7.05 Å². The van der Waals surface area contributed by atoms with Gasteiger partial charge in [-0.15, -0.1) is 0 Å². The summed E-state index contributed by atoms with van der Waals surface area (Å²) in [5, 5.41) is 5.64. The molecule has 0 bridgehead atoms. The molecule has 3 aromatic rings. The van der Waals surface area contributed by atoms with Crippen LogP contribution in [0.3, 0.4) is 0 Å². The zero-order valence-corrected chi connectivity index (χ0v) is 16.2. The summed E-state index contributed by atoms with van der Waals surface area (Å²) in [5.41, 5.74) is 2.20. The highest BCUT2D eigenvalue weighted by molar-refractivity contribution is 7.22. The molecule has 0 unspecified atom stereocenters. The second kappa shape index (κ2) is 7.11. The Kier molecular flexibility index (Phi) is 5.08. The number of likely N-dealkylation sites (N-methyl/N-ethyl adjacent to an activating group) is 1. The van der Waals surface area contributed by atoms with Crippen molar-refractivity contribution in [3.63, 3.8) is 0 Å². The zero-order chi connectivity index (χ0) is 18.1. The molecule has 3 rings (SSSR count). The number of fused-ring (bicyclic) bond motifs is 1. The molecule has 0 N–H and O–H groups in total. The van der Waals surface area contributed by atoms with Crippen molar-refractivity contribution < 1.29 is 4.79 Å². The van der Waals surface area contributed by atoms with Crippen LogP contribution in [0.25, 0.3) is 10.2 Å². The predicted molar refractivity (Wildman–Crippen MR) is 103 cm³/mol. The molecule has 6 nitrogen and oxygen atoms in total. The van der Waals surface area contributed by atoms with E-state index >= 15 is 0 Å². The number of halogens is 1. The number of hydrogen-bond acceptors (Lipinski definition) is 5. The minimum atomic E-state index is -0.143. The number of aromatic nitrogens is 3. The molecule has 132 valence electrons. The highest BCUT2D eigenvalue weighted by atomic mass is 35.5. The van der Waals surface area contributed by atoms with Crippen molar-refractivity contribution in [1.29, 1.82) is 0 Å². The normalized spacial score (nSPS) is 11.4. The average Bonchev–Trinajstić information content (AvgIpc) is 3.10. The fourth-order valence-electron chi connectivity index (χ4n) is 2.39. The first kappa shape index (κ1) is 17.8. The zero-order valence-electron chi connectivity index (χ0n) is 14.7. The van der Waals surface area contributed by atoms with Gasteiger partial charge in [0.2, 0.25) is 0 Å². The van der Waals surface area contributed by atoms with Crippen molar-refractivity contribution in [2.45, 2.75) is 6.92 Å². The third-order valence-electron chi connectivity index (χ3n) is 3.92. The van der Waals surface area contributed by atoms with Gasteiger partial charge in [-0.1, -0.05) is 22.9 Å². The minimum Gasteiger partial charge on any atom is -0.308 e. The number of carbonyl (C=O) groups is 1. The predicted octanol–water partition coefficient (Wildman–Crippen LogP) is 3.20. The fourth-order valence-corrected chi connectivity index (χ4v) is 3.66.